The molecular formula is C29H35N4O2P. The predicted octanol–water partition coefficient (Wildman–Crippen LogP) is 7.93. The molecular weight excluding hydrogens is 467 g/mol. The highest BCUT2D eigenvalue weighted by atomic mass is 31.2. The van der Waals surface area contributed by atoms with Gasteiger partial charge in [-0.05, 0) is 67.6 Å². The van der Waals surface area contributed by atoms with Gasteiger partial charge in [0.1, 0.15) is 11.6 Å². The summed E-state index contributed by atoms with van der Waals surface area (Å²) in [6.07, 6.45) is 2.35. The van der Waals surface area contributed by atoms with E-state index in [9.17, 15) is 0 Å². The van der Waals surface area contributed by atoms with E-state index in [-0.39, 0.29) is 5.41 Å². The van der Waals surface area contributed by atoms with Crippen LogP contribution >= 0.6 is 8.38 Å². The molecule has 4 rings (SSSR count). The summed E-state index contributed by atoms with van der Waals surface area (Å²) in [4.78, 5) is 14.4. The zero-order chi connectivity index (χ0) is 25.7. The van der Waals surface area contributed by atoms with Crippen LogP contribution in [-0.4, -0.2) is 28.2 Å². The third kappa shape index (κ3) is 6.25. The fourth-order valence-electron chi connectivity index (χ4n) is 4.00. The standard InChI is InChI=1S/C29H35N4O2P/c1-7-34-36(35-8-2)19-26-32-25-18-21(27-20(3)10-9-17-30-27)11-16-24(25)28(33-26)31-23-14-12-22(13-15-23)29(4,5)6/h9-18H,7-8,19H2,1-6H3,(H,31,32,33). The van der Waals surface area contributed by atoms with Gasteiger partial charge in [-0.25, -0.2) is 9.97 Å². The zero-order valence-electron chi connectivity index (χ0n) is 22.0. The lowest BCUT2D eigenvalue weighted by Crippen LogP contribution is -2.10. The molecule has 2 aromatic carbocycles. The Hall–Kier alpha value is -2.92. The van der Waals surface area contributed by atoms with Crippen LogP contribution in [0.2, 0.25) is 0 Å². The summed E-state index contributed by atoms with van der Waals surface area (Å²) in [5.74, 6) is 1.46. The van der Waals surface area contributed by atoms with Gasteiger partial charge < -0.3 is 14.4 Å². The number of fused-ring (bicyclic) bond motifs is 1. The number of aryl methyl sites for hydroxylation is 1. The number of rotatable bonds is 9. The molecule has 4 aromatic rings. The number of nitrogens with one attached hydrogen (secondary N) is 1. The minimum Gasteiger partial charge on any atom is -0.340 e. The van der Waals surface area contributed by atoms with Gasteiger partial charge in [0.25, 0.3) is 0 Å². The molecule has 0 bridgehead atoms. The summed E-state index contributed by atoms with van der Waals surface area (Å²) in [5.41, 5.74) is 6.34. The molecule has 6 nitrogen and oxygen atoms in total. The van der Waals surface area contributed by atoms with Crippen LogP contribution in [-0.2, 0) is 20.6 Å². The second-order valence-electron chi connectivity index (χ2n) is 9.67. The molecule has 0 aliphatic heterocycles. The van der Waals surface area contributed by atoms with Crippen LogP contribution in [0.5, 0.6) is 0 Å². The van der Waals surface area contributed by atoms with Gasteiger partial charge in [0.2, 0.25) is 0 Å². The maximum Gasteiger partial charge on any atom is 0.178 e. The van der Waals surface area contributed by atoms with Gasteiger partial charge in [0.05, 0.1) is 30.6 Å². The summed E-state index contributed by atoms with van der Waals surface area (Å²) < 4.78 is 11.7. The highest BCUT2D eigenvalue weighted by Crippen LogP contribution is 2.42. The van der Waals surface area contributed by atoms with Gasteiger partial charge in [-0.2, -0.15) is 0 Å². The summed E-state index contributed by atoms with van der Waals surface area (Å²) in [6, 6.07) is 18.8. The molecule has 2 aromatic heterocycles. The molecule has 0 amide bonds. The maximum atomic E-state index is 5.84. The number of nitrogens with zero attached hydrogens (tertiary/aromatic N) is 3. The van der Waals surface area contributed by atoms with E-state index >= 15 is 0 Å². The topological polar surface area (TPSA) is 69.2 Å². The SMILES string of the molecule is CCOP(Cc1nc(Nc2ccc(C(C)(C)C)cc2)c2ccc(-c3ncccc3C)cc2n1)OCC. The molecule has 7 heteroatoms. The predicted molar refractivity (Wildman–Crippen MR) is 150 cm³/mol. The van der Waals surface area contributed by atoms with Crippen molar-refractivity contribution >= 4 is 30.8 Å². The molecule has 0 saturated carbocycles. The first kappa shape index (κ1) is 26.2. The second kappa shape index (κ2) is 11.4. The average molecular weight is 503 g/mol. The Kier molecular flexibility index (Phi) is 8.30. The summed E-state index contributed by atoms with van der Waals surface area (Å²) in [5, 5.41) is 4.48. The van der Waals surface area contributed by atoms with Gasteiger partial charge in [-0.3, -0.25) is 4.98 Å². The van der Waals surface area contributed by atoms with Gasteiger partial charge in [-0.15, -0.1) is 0 Å². The van der Waals surface area contributed by atoms with Crippen LogP contribution in [0.15, 0.2) is 60.8 Å². The number of benzene rings is 2. The van der Waals surface area contributed by atoms with E-state index in [1.165, 1.54) is 5.56 Å². The Morgan fingerprint density at radius 1 is 0.917 bits per heavy atom. The lowest BCUT2D eigenvalue weighted by atomic mass is 9.87. The van der Waals surface area contributed by atoms with E-state index in [2.05, 4.69) is 86.5 Å². The van der Waals surface area contributed by atoms with Gasteiger partial charge in [0.15, 0.2) is 8.38 Å². The Morgan fingerprint density at radius 3 is 2.28 bits per heavy atom. The first-order valence-electron chi connectivity index (χ1n) is 12.4. The maximum absolute atomic E-state index is 5.84. The summed E-state index contributed by atoms with van der Waals surface area (Å²) >= 11 is 0. The smallest absolute Gasteiger partial charge is 0.178 e. The third-order valence-electron chi connectivity index (χ3n) is 5.86. The van der Waals surface area contributed by atoms with Crippen molar-refractivity contribution in [3.05, 3.63) is 77.7 Å². The molecule has 36 heavy (non-hydrogen) atoms. The largest absolute Gasteiger partial charge is 0.340 e. The molecule has 0 aliphatic rings. The quantitative estimate of drug-likeness (QED) is 0.234. The number of hydrogen-bond acceptors (Lipinski definition) is 6. The van der Waals surface area contributed by atoms with E-state index < -0.39 is 8.38 Å². The van der Waals surface area contributed by atoms with Crippen molar-refractivity contribution in [1.29, 1.82) is 0 Å². The fourth-order valence-corrected chi connectivity index (χ4v) is 5.21. The number of hydrogen-bond donors (Lipinski definition) is 1. The molecule has 2 heterocycles. The van der Waals surface area contributed by atoms with E-state index in [1.807, 2.05) is 26.1 Å². The van der Waals surface area contributed by atoms with Crippen molar-refractivity contribution in [3.8, 4) is 11.3 Å². The van der Waals surface area contributed by atoms with Crippen molar-refractivity contribution in [2.24, 2.45) is 0 Å². The molecule has 188 valence electrons. The fraction of sp³-hybridized carbons (Fsp3) is 0.345. The minimum absolute atomic E-state index is 0.100. The van der Waals surface area contributed by atoms with Crippen molar-refractivity contribution in [1.82, 2.24) is 15.0 Å². The average Bonchev–Trinajstić information content (AvgIpc) is 2.84. The molecule has 0 aliphatic carbocycles. The summed E-state index contributed by atoms with van der Waals surface area (Å²) in [7, 11) is -1.10. The second-order valence-corrected chi connectivity index (χ2v) is 11.2. The van der Waals surface area contributed by atoms with E-state index in [1.54, 1.807) is 0 Å². The normalized spacial score (nSPS) is 11.9. The molecule has 0 saturated heterocycles. The highest BCUT2D eigenvalue weighted by Gasteiger charge is 2.17. The number of anilines is 2. The number of aromatic nitrogens is 3. The van der Waals surface area contributed by atoms with E-state index in [0.29, 0.717) is 25.2 Å². The van der Waals surface area contributed by atoms with Crippen molar-refractivity contribution < 1.29 is 9.05 Å². The van der Waals surface area contributed by atoms with Gasteiger partial charge >= 0.3 is 0 Å². The highest BCUT2D eigenvalue weighted by molar-refractivity contribution is 7.46. The Labute approximate surface area is 215 Å². The summed E-state index contributed by atoms with van der Waals surface area (Å²) in [6.45, 7) is 13.9. The first-order chi connectivity index (χ1) is 17.3. The molecule has 0 atom stereocenters. The van der Waals surface area contributed by atoms with Crippen LogP contribution in [0.3, 0.4) is 0 Å². The zero-order valence-corrected chi connectivity index (χ0v) is 22.9. The van der Waals surface area contributed by atoms with E-state index in [0.717, 1.165) is 39.2 Å². The third-order valence-corrected chi connectivity index (χ3v) is 7.49. The van der Waals surface area contributed by atoms with Gasteiger partial charge in [-0.1, -0.05) is 45.0 Å². The van der Waals surface area contributed by atoms with Crippen molar-refractivity contribution in [2.45, 2.75) is 53.1 Å². The first-order valence-corrected chi connectivity index (χ1v) is 13.8. The molecule has 0 unspecified atom stereocenters. The van der Waals surface area contributed by atoms with Crippen LogP contribution in [0.25, 0.3) is 22.2 Å². The monoisotopic (exact) mass is 502 g/mol. The molecule has 0 radical (unpaired) electrons. The lowest BCUT2D eigenvalue weighted by molar-refractivity contribution is 0.268. The molecule has 0 fully saturated rings. The minimum atomic E-state index is -1.10. The van der Waals surface area contributed by atoms with E-state index in [4.69, 9.17) is 19.0 Å². The van der Waals surface area contributed by atoms with Gasteiger partial charge in [0, 0.05) is 22.8 Å². The Bertz CT molecular complexity index is 1310. The Balaban J connectivity index is 1.76. The Morgan fingerprint density at radius 2 is 1.64 bits per heavy atom. The number of pyridine rings is 1. The van der Waals surface area contributed by atoms with Crippen LogP contribution in [0.1, 0.15) is 51.6 Å². The van der Waals surface area contributed by atoms with Crippen LogP contribution in [0, 0.1) is 6.92 Å². The molecule has 1 N–H and O–H groups in total. The van der Waals surface area contributed by atoms with Crippen LogP contribution < -0.4 is 5.32 Å². The van der Waals surface area contributed by atoms with Crippen molar-refractivity contribution in [3.63, 3.8) is 0 Å². The van der Waals surface area contributed by atoms with Crippen LogP contribution in [0.4, 0.5) is 11.5 Å². The van der Waals surface area contributed by atoms with Crippen molar-refractivity contribution in [2.75, 3.05) is 18.5 Å². The molecule has 0 spiro atoms. The lowest BCUT2D eigenvalue weighted by Gasteiger charge is -2.19.